The predicted octanol–water partition coefficient (Wildman–Crippen LogP) is -2.90. The smallest absolute Gasteiger partial charge is 0.106 e. The van der Waals surface area contributed by atoms with Gasteiger partial charge in [0.1, 0.15) is 12.6 Å². The molecule has 0 aliphatic rings. The Morgan fingerprint density at radius 3 is 1.69 bits per heavy atom. The largest absolute Gasteiger partial charge is 0.790 e. The first-order valence-corrected chi connectivity index (χ1v) is 5.44. The van der Waals surface area contributed by atoms with Crippen molar-refractivity contribution >= 4 is 7.82 Å². The van der Waals surface area contributed by atoms with E-state index in [1.807, 2.05) is 0 Å². The standard InChI is InChI=1S/C3H10NO4P.C3H9N/c1-3(4)2-8-9(5,6)7;1-3(2)4/h3H,2,4H2,1H3,(H2,5,6,7);3H,4H2,1-2H3. The number of rotatable bonds is 3. The quantitative estimate of drug-likeness (QED) is 0.488. The molecule has 0 aromatic rings. The van der Waals surface area contributed by atoms with Crippen LogP contribution in [0, 0.1) is 0 Å². The second-order valence-corrected chi connectivity index (χ2v) is 4.39. The Labute approximate surface area is 78.5 Å². The van der Waals surface area contributed by atoms with E-state index in [4.69, 9.17) is 0 Å². The van der Waals surface area contributed by atoms with Gasteiger partial charge in [-0.2, -0.15) is 0 Å². The topological polar surface area (TPSA) is 128 Å². The molecule has 1 unspecified atom stereocenters. The molecule has 0 amide bonds. The number of quaternary nitrogens is 2. The van der Waals surface area contributed by atoms with Crippen LogP contribution in [-0.2, 0) is 9.09 Å². The van der Waals surface area contributed by atoms with Gasteiger partial charge in [0.05, 0.1) is 13.9 Å². The summed E-state index contributed by atoms with van der Waals surface area (Å²) in [5, 5.41) is 0. The van der Waals surface area contributed by atoms with Gasteiger partial charge in [0.2, 0.25) is 0 Å². The molecule has 6 nitrogen and oxygen atoms in total. The van der Waals surface area contributed by atoms with Gasteiger partial charge in [0.25, 0.3) is 0 Å². The summed E-state index contributed by atoms with van der Waals surface area (Å²) >= 11 is 0. The van der Waals surface area contributed by atoms with E-state index in [-0.39, 0.29) is 12.6 Å². The van der Waals surface area contributed by atoms with E-state index < -0.39 is 7.82 Å². The zero-order valence-electron chi connectivity index (χ0n) is 8.36. The predicted molar refractivity (Wildman–Crippen MR) is 43.9 cm³/mol. The summed E-state index contributed by atoms with van der Waals surface area (Å²) in [6.07, 6.45) is 0. The van der Waals surface area contributed by atoms with Crippen molar-refractivity contribution in [3.05, 3.63) is 0 Å². The van der Waals surface area contributed by atoms with Crippen molar-refractivity contribution in [2.45, 2.75) is 32.9 Å². The summed E-state index contributed by atoms with van der Waals surface area (Å²) in [7, 11) is -4.76. The van der Waals surface area contributed by atoms with Crippen LogP contribution in [-0.4, -0.2) is 18.7 Å². The zero-order valence-corrected chi connectivity index (χ0v) is 9.25. The molecule has 0 saturated heterocycles. The Morgan fingerprint density at radius 1 is 1.31 bits per heavy atom. The van der Waals surface area contributed by atoms with Crippen LogP contribution < -0.4 is 21.3 Å². The minimum Gasteiger partial charge on any atom is -0.790 e. The fraction of sp³-hybridized carbons (Fsp3) is 1.00. The molecule has 0 heterocycles. The van der Waals surface area contributed by atoms with Gasteiger partial charge in [-0.1, -0.05) is 0 Å². The SMILES string of the molecule is CC(C)[NH3+].CC([NH3+])COP(=O)([O-])[O-]. The van der Waals surface area contributed by atoms with Crippen LogP contribution >= 0.6 is 7.82 Å². The molecule has 7 heteroatoms. The van der Waals surface area contributed by atoms with Crippen molar-refractivity contribution < 1.29 is 30.3 Å². The van der Waals surface area contributed by atoms with E-state index in [0.717, 1.165) is 0 Å². The molecule has 82 valence electrons. The molecular weight excluding hydrogens is 195 g/mol. The Balaban J connectivity index is 0. The maximum Gasteiger partial charge on any atom is 0.106 e. The molecule has 0 radical (unpaired) electrons. The van der Waals surface area contributed by atoms with Crippen LogP contribution in [0.5, 0.6) is 0 Å². The Kier molecular flexibility index (Phi) is 8.87. The van der Waals surface area contributed by atoms with E-state index in [0.29, 0.717) is 6.04 Å². The number of hydrogen-bond donors (Lipinski definition) is 2. The van der Waals surface area contributed by atoms with E-state index in [9.17, 15) is 14.4 Å². The Bertz CT molecular complexity index is 154. The molecule has 13 heavy (non-hydrogen) atoms. The third-order valence-corrected chi connectivity index (χ3v) is 0.982. The third-order valence-electron chi connectivity index (χ3n) is 0.517. The monoisotopic (exact) mass is 214 g/mol. The van der Waals surface area contributed by atoms with Crippen molar-refractivity contribution in [3.63, 3.8) is 0 Å². The Morgan fingerprint density at radius 2 is 1.62 bits per heavy atom. The minimum absolute atomic E-state index is 0.135. The number of hydrogen-bond acceptors (Lipinski definition) is 4. The van der Waals surface area contributed by atoms with Gasteiger partial charge in [-0.05, 0) is 20.8 Å². The number of phosphoric ester groups is 1. The van der Waals surface area contributed by atoms with Gasteiger partial charge >= 0.3 is 0 Å². The zero-order chi connectivity index (χ0) is 11.1. The molecule has 0 aliphatic heterocycles. The van der Waals surface area contributed by atoms with Gasteiger partial charge in [-0.15, -0.1) is 0 Å². The summed E-state index contributed by atoms with van der Waals surface area (Å²) in [4.78, 5) is 19.5. The second-order valence-electron chi connectivity index (χ2n) is 3.24. The minimum atomic E-state index is -4.76. The van der Waals surface area contributed by atoms with Gasteiger partial charge < -0.3 is 30.3 Å². The first kappa shape index (κ1) is 15.5. The molecule has 0 saturated carbocycles. The summed E-state index contributed by atoms with van der Waals surface area (Å²) < 4.78 is 13.6. The van der Waals surface area contributed by atoms with Crippen LogP contribution in [0.4, 0.5) is 0 Å². The van der Waals surface area contributed by atoms with Crippen LogP contribution in [0.15, 0.2) is 0 Å². The van der Waals surface area contributed by atoms with Crippen molar-refractivity contribution in [3.8, 4) is 0 Å². The molecule has 0 bridgehead atoms. The molecule has 0 spiro atoms. The van der Waals surface area contributed by atoms with Crippen molar-refractivity contribution in [2.75, 3.05) is 6.61 Å². The van der Waals surface area contributed by atoms with Gasteiger partial charge in [-0.3, -0.25) is 0 Å². The van der Waals surface area contributed by atoms with Gasteiger partial charge in [0.15, 0.2) is 0 Å². The van der Waals surface area contributed by atoms with Crippen LogP contribution in [0.3, 0.4) is 0 Å². The van der Waals surface area contributed by atoms with E-state index >= 15 is 0 Å². The lowest BCUT2D eigenvalue weighted by Gasteiger charge is -2.28. The molecule has 0 aliphatic carbocycles. The highest BCUT2D eigenvalue weighted by Crippen LogP contribution is 2.23. The maximum absolute atomic E-state index is 9.76. The average molecular weight is 214 g/mol. The van der Waals surface area contributed by atoms with Crippen molar-refractivity contribution in [2.24, 2.45) is 0 Å². The lowest BCUT2D eigenvalue weighted by atomic mass is 10.4. The van der Waals surface area contributed by atoms with E-state index in [1.165, 1.54) is 0 Å². The summed E-state index contributed by atoms with van der Waals surface area (Å²) in [5.41, 5.74) is 7.06. The normalized spacial score (nSPS) is 13.5. The van der Waals surface area contributed by atoms with Crippen LogP contribution in [0.1, 0.15) is 20.8 Å². The summed E-state index contributed by atoms with van der Waals surface area (Å²) in [6.45, 7) is 5.62. The lowest BCUT2D eigenvalue weighted by molar-refractivity contribution is -0.423. The van der Waals surface area contributed by atoms with Crippen molar-refractivity contribution in [1.82, 2.24) is 0 Å². The van der Waals surface area contributed by atoms with E-state index in [2.05, 4.69) is 29.8 Å². The first-order chi connectivity index (χ1) is 5.65. The molecule has 0 aromatic carbocycles. The van der Waals surface area contributed by atoms with Gasteiger partial charge in [-0.25, -0.2) is 0 Å². The molecule has 1 atom stereocenters. The Hall–Kier alpha value is 0.0300. The molecule has 6 N–H and O–H groups in total. The van der Waals surface area contributed by atoms with Gasteiger partial charge in [0, 0.05) is 0 Å². The third kappa shape index (κ3) is 33.3. The summed E-state index contributed by atoms with van der Waals surface area (Å²) in [5.74, 6) is 0. The highest BCUT2D eigenvalue weighted by molar-refractivity contribution is 7.43. The van der Waals surface area contributed by atoms with Crippen LogP contribution in [0.25, 0.3) is 0 Å². The molecule has 0 fully saturated rings. The second kappa shape index (κ2) is 7.44. The fourth-order valence-electron chi connectivity index (χ4n) is 0.219. The molecular formula is C6H19N2O4P. The van der Waals surface area contributed by atoms with E-state index in [1.54, 1.807) is 6.92 Å². The fourth-order valence-corrected chi connectivity index (χ4v) is 0.656. The van der Waals surface area contributed by atoms with Crippen LogP contribution in [0.2, 0.25) is 0 Å². The average Bonchev–Trinajstić information content (AvgIpc) is 1.80. The molecule has 0 aromatic heterocycles. The maximum atomic E-state index is 9.76. The highest BCUT2D eigenvalue weighted by atomic mass is 31.2. The highest BCUT2D eigenvalue weighted by Gasteiger charge is 1.97. The number of phosphoric acid groups is 1. The summed E-state index contributed by atoms with van der Waals surface area (Å²) in [6, 6.07) is 0.404. The lowest BCUT2D eigenvalue weighted by Crippen LogP contribution is -2.61. The van der Waals surface area contributed by atoms with Crippen molar-refractivity contribution in [1.29, 1.82) is 0 Å². The first-order valence-electron chi connectivity index (χ1n) is 3.98. The molecule has 0 rings (SSSR count).